The first kappa shape index (κ1) is 12.5. The number of hydrogen-bond donors (Lipinski definition) is 1. The fourth-order valence-electron chi connectivity index (χ4n) is 2.01. The summed E-state index contributed by atoms with van der Waals surface area (Å²) >= 11 is 7.89. The van der Waals surface area contributed by atoms with E-state index in [1.54, 1.807) is 11.3 Å². The van der Waals surface area contributed by atoms with E-state index in [1.165, 1.54) is 4.88 Å². The second kappa shape index (κ2) is 4.83. The van der Waals surface area contributed by atoms with Crippen LogP contribution in [0.5, 0.6) is 0 Å². The number of halogens is 1. The quantitative estimate of drug-likeness (QED) is 0.691. The third-order valence-corrected chi connectivity index (χ3v) is 4.46. The molecule has 19 heavy (non-hydrogen) atoms. The van der Waals surface area contributed by atoms with Gasteiger partial charge in [-0.05, 0) is 26.0 Å². The van der Waals surface area contributed by atoms with Crippen LogP contribution in [0.3, 0.4) is 0 Å². The fraction of sp³-hybridized carbons (Fsp3) is 0.133. The second-order valence-electron chi connectivity index (χ2n) is 4.43. The number of aryl methyl sites for hydroxylation is 2. The molecule has 0 atom stereocenters. The minimum atomic E-state index is 0.771. The fourth-order valence-corrected chi connectivity index (χ4v) is 3.07. The van der Waals surface area contributed by atoms with E-state index in [0.717, 1.165) is 32.3 Å². The Morgan fingerprint density at radius 3 is 2.47 bits per heavy atom. The van der Waals surface area contributed by atoms with Crippen LogP contribution in [0.15, 0.2) is 36.4 Å². The highest BCUT2D eigenvalue weighted by Gasteiger charge is 2.07. The topological polar surface area (TPSA) is 24.9 Å². The van der Waals surface area contributed by atoms with Crippen molar-refractivity contribution >= 4 is 44.5 Å². The minimum absolute atomic E-state index is 0.771. The van der Waals surface area contributed by atoms with Crippen LogP contribution >= 0.6 is 22.9 Å². The van der Waals surface area contributed by atoms with E-state index in [2.05, 4.69) is 23.3 Å². The molecule has 0 unspecified atom stereocenters. The van der Waals surface area contributed by atoms with Crippen LogP contribution < -0.4 is 5.32 Å². The number of benzene rings is 2. The van der Waals surface area contributed by atoms with E-state index in [1.807, 2.05) is 37.3 Å². The van der Waals surface area contributed by atoms with Crippen LogP contribution in [-0.2, 0) is 0 Å². The zero-order chi connectivity index (χ0) is 13.4. The van der Waals surface area contributed by atoms with Crippen molar-refractivity contribution in [1.82, 2.24) is 4.98 Å². The molecule has 3 aromatic rings. The number of nitrogens with zero attached hydrogens (tertiary/aromatic N) is 1. The third kappa shape index (κ3) is 2.31. The van der Waals surface area contributed by atoms with Gasteiger partial charge in [0, 0.05) is 26.4 Å². The Morgan fingerprint density at radius 2 is 1.79 bits per heavy atom. The third-order valence-electron chi connectivity index (χ3n) is 3.14. The molecule has 0 spiro atoms. The van der Waals surface area contributed by atoms with Gasteiger partial charge >= 0.3 is 0 Å². The Balaban J connectivity index is 2.08. The van der Waals surface area contributed by atoms with Crippen molar-refractivity contribution in [3.05, 3.63) is 52.0 Å². The van der Waals surface area contributed by atoms with Gasteiger partial charge in [0.05, 0.1) is 5.69 Å². The monoisotopic (exact) mass is 288 g/mol. The van der Waals surface area contributed by atoms with E-state index in [9.17, 15) is 0 Å². The number of fused-ring (bicyclic) bond motifs is 1. The SMILES string of the molecule is Cc1nc(Nc2ccc(Cl)c3ccccc23)sc1C. The van der Waals surface area contributed by atoms with Crippen molar-refractivity contribution in [2.45, 2.75) is 13.8 Å². The highest BCUT2D eigenvalue weighted by Crippen LogP contribution is 2.33. The van der Waals surface area contributed by atoms with Crippen LogP contribution in [-0.4, -0.2) is 4.98 Å². The van der Waals surface area contributed by atoms with Crippen molar-refractivity contribution in [3.8, 4) is 0 Å². The summed E-state index contributed by atoms with van der Waals surface area (Å²) in [5.41, 5.74) is 2.11. The van der Waals surface area contributed by atoms with Crippen molar-refractivity contribution < 1.29 is 0 Å². The summed E-state index contributed by atoms with van der Waals surface area (Å²) in [5, 5.41) is 7.24. The summed E-state index contributed by atoms with van der Waals surface area (Å²) in [4.78, 5) is 5.75. The van der Waals surface area contributed by atoms with Crippen LogP contribution in [0.1, 0.15) is 10.6 Å². The van der Waals surface area contributed by atoms with Gasteiger partial charge in [-0.15, -0.1) is 11.3 Å². The van der Waals surface area contributed by atoms with Crippen molar-refractivity contribution in [1.29, 1.82) is 0 Å². The number of rotatable bonds is 2. The molecule has 0 bridgehead atoms. The Hall–Kier alpha value is -1.58. The van der Waals surface area contributed by atoms with Gasteiger partial charge < -0.3 is 5.32 Å². The summed E-state index contributed by atoms with van der Waals surface area (Å²) in [6.07, 6.45) is 0. The Morgan fingerprint density at radius 1 is 1.05 bits per heavy atom. The molecular formula is C15H13ClN2S. The van der Waals surface area contributed by atoms with Gasteiger partial charge in [-0.1, -0.05) is 35.9 Å². The molecule has 0 radical (unpaired) electrons. The summed E-state index contributed by atoms with van der Waals surface area (Å²) < 4.78 is 0. The molecular weight excluding hydrogens is 276 g/mol. The highest BCUT2D eigenvalue weighted by atomic mass is 35.5. The standard InChI is InChI=1S/C15H13ClN2S/c1-9-10(2)19-15(17-9)18-14-8-7-13(16)11-5-3-4-6-12(11)14/h3-8H,1-2H3,(H,17,18). The molecule has 1 N–H and O–H groups in total. The lowest BCUT2D eigenvalue weighted by molar-refractivity contribution is 1.23. The molecule has 3 rings (SSSR count). The molecule has 2 aromatic carbocycles. The lowest BCUT2D eigenvalue weighted by Crippen LogP contribution is -1.91. The lowest BCUT2D eigenvalue weighted by atomic mass is 10.1. The number of aromatic nitrogens is 1. The van der Waals surface area contributed by atoms with Crippen LogP contribution in [0.4, 0.5) is 10.8 Å². The first-order valence-corrected chi connectivity index (χ1v) is 7.23. The average Bonchev–Trinajstić information content (AvgIpc) is 2.72. The lowest BCUT2D eigenvalue weighted by Gasteiger charge is -2.08. The highest BCUT2D eigenvalue weighted by molar-refractivity contribution is 7.15. The smallest absolute Gasteiger partial charge is 0.187 e. The number of thiazole rings is 1. The van der Waals surface area contributed by atoms with Crippen LogP contribution in [0, 0.1) is 13.8 Å². The minimum Gasteiger partial charge on any atom is -0.331 e. The molecule has 0 aliphatic heterocycles. The zero-order valence-electron chi connectivity index (χ0n) is 10.7. The van der Waals surface area contributed by atoms with Gasteiger partial charge in [0.25, 0.3) is 0 Å². The molecule has 1 aromatic heterocycles. The van der Waals surface area contributed by atoms with Gasteiger partial charge in [-0.2, -0.15) is 0 Å². The van der Waals surface area contributed by atoms with E-state index >= 15 is 0 Å². The molecule has 0 saturated heterocycles. The summed E-state index contributed by atoms with van der Waals surface area (Å²) in [6, 6.07) is 12.0. The van der Waals surface area contributed by atoms with Gasteiger partial charge in [-0.25, -0.2) is 4.98 Å². The van der Waals surface area contributed by atoms with Gasteiger partial charge in [0.1, 0.15) is 0 Å². The van der Waals surface area contributed by atoms with E-state index in [4.69, 9.17) is 11.6 Å². The summed E-state index contributed by atoms with van der Waals surface area (Å²) in [6.45, 7) is 4.11. The predicted octanol–water partition coefficient (Wildman–Crippen LogP) is 5.31. The Kier molecular flexibility index (Phi) is 3.17. The zero-order valence-corrected chi connectivity index (χ0v) is 12.3. The maximum Gasteiger partial charge on any atom is 0.187 e. The maximum absolute atomic E-state index is 6.22. The molecule has 96 valence electrons. The largest absolute Gasteiger partial charge is 0.331 e. The first-order valence-electron chi connectivity index (χ1n) is 6.03. The molecule has 0 saturated carbocycles. The predicted molar refractivity (Wildman–Crippen MR) is 83.8 cm³/mol. The molecule has 0 amide bonds. The average molecular weight is 289 g/mol. The summed E-state index contributed by atoms with van der Waals surface area (Å²) in [5.74, 6) is 0. The molecule has 2 nitrogen and oxygen atoms in total. The van der Waals surface area contributed by atoms with Crippen LogP contribution in [0.2, 0.25) is 5.02 Å². The molecule has 0 aliphatic rings. The number of hydrogen-bond acceptors (Lipinski definition) is 3. The number of anilines is 2. The first-order chi connectivity index (χ1) is 9.15. The van der Waals surface area contributed by atoms with Crippen LogP contribution in [0.25, 0.3) is 10.8 Å². The molecule has 1 heterocycles. The summed E-state index contributed by atoms with van der Waals surface area (Å²) in [7, 11) is 0. The van der Waals surface area contributed by atoms with E-state index in [-0.39, 0.29) is 0 Å². The Labute approximate surface area is 121 Å². The normalized spacial score (nSPS) is 10.9. The molecule has 0 aliphatic carbocycles. The Bertz CT molecular complexity index is 729. The maximum atomic E-state index is 6.22. The van der Waals surface area contributed by atoms with Gasteiger partial charge in [0.2, 0.25) is 0 Å². The van der Waals surface area contributed by atoms with Gasteiger partial charge in [0.15, 0.2) is 5.13 Å². The van der Waals surface area contributed by atoms with Crippen molar-refractivity contribution in [2.24, 2.45) is 0 Å². The second-order valence-corrected chi connectivity index (χ2v) is 6.04. The number of nitrogens with one attached hydrogen (secondary N) is 1. The molecule has 4 heteroatoms. The van der Waals surface area contributed by atoms with Crippen molar-refractivity contribution in [3.63, 3.8) is 0 Å². The molecule has 0 fully saturated rings. The van der Waals surface area contributed by atoms with E-state index in [0.29, 0.717) is 0 Å². The van der Waals surface area contributed by atoms with Crippen molar-refractivity contribution in [2.75, 3.05) is 5.32 Å². The van der Waals surface area contributed by atoms with E-state index < -0.39 is 0 Å². The van der Waals surface area contributed by atoms with Gasteiger partial charge in [-0.3, -0.25) is 0 Å².